The van der Waals surface area contributed by atoms with E-state index in [0.29, 0.717) is 5.75 Å². The highest BCUT2D eigenvalue weighted by Crippen LogP contribution is 2.15. The van der Waals surface area contributed by atoms with Crippen molar-refractivity contribution in [2.24, 2.45) is 5.73 Å². The summed E-state index contributed by atoms with van der Waals surface area (Å²) in [6.07, 6.45) is 0. The molecule has 0 heterocycles. The zero-order valence-electron chi connectivity index (χ0n) is 11.5. The molecule has 0 spiro atoms. The molecule has 1 rings (SSSR count). The van der Waals surface area contributed by atoms with Gasteiger partial charge in [0.2, 0.25) is 0 Å². The van der Waals surface area contributed by atoms with Gasteiger partial charge >= 0.3 is 0 Å². The zero-order chi connectivity index (χ0) is 13.8. The molecular formula is C14H22N2O2. The number of hydrogen-bond donors (Lipinski definition) is 2. The summed E-state index contributed by atoms with van der Waals surface area (Å²) < 4.78 is 5.40. The van der Waals surface area contributed by atoms with Gasteiger partial charge in [0, 0.05) is 11.6 Å². The van der Waals surface area contributed by atoms with Crippen LogP contribution in [-0.2, 0) is 4.79 Å². The smallest absolute Gasteiger partial charge is 0.258 e. The maximum absolute atomic E-state index is 11.6. The van der Waals surface area contributed by atoms with Crippen molar-refractivity contribution >= 4 is 5.91 Å². The third kappa shape index (κ3) is 5.19. The predicted octanol–water partition coefficient (Wildman–Crippen LogP) is 2.00. The van der Waals surface area contributed by atoms with Crippen molar-refractivity contribution in [1.29, 1.82) is 0 Å². The molecule has 0 saturated heterocycles. The van der Waals surface area contributed by atoms with Gasteiger partial charge in [0.05, 0.1) is 0 Å². The van der Waals surface area contributed by atoms with E-state index in [-0.39, 0.29) is 24.1 Å². The second-order valence-corrected chi connectivity index (χ2v) is 5.44. The van der Waals surface area contributed by atoms with Crippen LogP contribution >= 0.6 is 0 Å². The molecule has 3 N–H and O–H groups in total. The molecule has 4 heteroatoms. The summed E-state index contributed by atoms with van der Waals surface area (Å²) in [7, 11) is 0. The van der Waals surface area contributed by atoms with Gasteiger partial charge in [-0.2, -0.15) is 0 Å². The van der Waals surface area contributed by atoms with Gasteiger partial charge in [-0.1, -0.05) is 12.1 Å². The number of nitrogens with one attached hydrogen (secondary N) is 1. The molecule has 0 radical (unpaired) electrons. The van der Waals surface area contributed by atoms with Crippen LogP contribution in [0, 0.1) is 0 Å². The topological polar surface area (TPSA) is 64.3 Å². The minimum Gasteiger partial charge on any atom is -0.484 e. The highest BCUT2D eigenvalue weighted by Gasteiger charge is 2.13. The first kappa shape index (κ1) is 14.5. The standard InChI is InChI=1S/C14H22N2O2/c1-10(15)11-5-7-12(8-6-11)18-9-13(17)16-14(2,3)4/h5-8,10H,9,15H2,1-4H3,(H,16,17). The number of hydrogen-bond acceptors (Lipinski definition) is 3. The molecular weight excluding hydrogens is 228 g/mol. The molecule has 4 nitrogen and oxygen atoms in total. The molecule has 0 bridgehead atoms. The van der Waals surface area contributed by atoms with Crippen LogP contribution < -0.4 is 15.8 Å². The molecule has 0 aliphatic carbocycles. The summed E-state index contributed by atoms with van der Waals surface area (Å²) in [6, 6.07) is 7.46. The fraction of sp³-hybridized carbons (Fsp3) is 0.500. The van der Waals surface area contributed by atoms with Crippen molar-refractivity contribution in [3.8, 4) is 5.75 Å². The number of amides is 1. The van der Waals surface area contributed by atoms with Gasteiger partial charge in [-0.25, -0.2) is 0 Å². The van der Waals surface area contributed by atoms with Crippen LogP contribution in [0.5, 0.6) is 5.75 Å². The number of benzene rings is 1. The lowest BCUT2D eigenvalue weighted by molar-refractivity contribution is -0.124. The molecule has 1 aromatic carbocycles. The second kappa shape index (κ2) is 5.87. The van der Waals surface area contributed by atoms with Crippen molar-refractivity contribution in [1.82, 2.24) is 5.32 Å². The number of carbonyl (C=O) groups excluding carboxylic acids is 1. The highest BCUT2D eigenvalue weighted by atomic mass is 16.5. The third-order valence-electron chi connectivity index (χ3n) is 2.29. The monoisotopic (exact) mass is 250 g/mol. The van der Waals surface area contributed by atoms with Crippen LogP contribution in [0.1, 0.15) is 39.3 Å². The largest absolute Gasteiger partial charge is 0.484 e. The van der Waals surface area contributed by atoms with Crippen molar-refractivity contribution in [2.75, 3.05) is 6.61 Å². The summed E-state index contributed by atoms with van der Waals surface area (Å²) in [5.41, 5.74) is 6.56. The molecule has 1 amide bonds. The van der Waals surface area contributed by atoms with Crippen molar-refractivity contribution < 1.29 is 9.53 Å². The molecule has 0 saturated carbocycles. The third-order valence-corrected chi connectivity index (χ3v) is 2.29. The molecule has 1 atom stereocenters. The van der Waals surface area contributed by atoms with Gasteiger partial charge < -0.3 is 15.8 Å². The molecule has 0 aliphatic heterocycles. The lowest BCUT2D eigenvalue weighted by Gasteiger charge is -2.20. The fourth-order valence-corrected chi connectivity index (χ4v) is 1.47. The van der Waals surface area contributed by atoms with Gasteiger partial charge in [-0.15, -0.1) is 0 Å². The van der Waals surface area contributed by atoms with Gasteiger partial charge in [-0.05, 0) is 45.4 Å². The predicted molar refractivity (Wildman–Crippen MR) is 72.4 cm³/mol. The van der Waals surface area contributed by atoms with E-state index in [4.69, 9.17) is 10.5 Å². The maximum Gasteiger partial charge on any atom is 0.258 e. The van der Waals surface area contributed by atoms with Crippen molar-refractivity contribution in [2.45, 2.75) is 39.3 Å². The zero-order valence-corrected chi connectivity index (χ0v) is 11.5. The molecule has 0 fully saturated rings. The summed E-state index contributed by atoms with van der Waals surface area (Å²) in [5, 5.41) is 2.84. The lowest BCUT2D eigenvalue weighted by atomic mass is 10.1. The van der Waals surface area contributed by atoms with E-state index in [1.165, 1.54) is 0 Å². The first-order chi connectivity index (χ1) is 8.28. The van der Waals surface area contributed by atoms with E-state index in [2.05, 4.69) is 5.32 Å². The normalized spacial score (nSPS) is 12.9. The molecule has 100 valence electrons. The Hall–Kier alpha value is -1.55. The summed E-state index contributed by atoms with van der Waals surface area (Å²) in [6.45, 7) is 7.74. The SMILES string of the molecule is CC(N)c1ccc(OCC(=O)NC(C)(C)C)cc1. The van der Waals surface area contributed by atoms with Crippen LogP contribution in [0.25, 0.3) is 0 Å². The van der Waals surface area contributed by atoms with Crippen LogP contribution in [0.3, 0.4) is 0 Å². The Morgan fingerprint density at radius 2 is 1.89 bits per heavy atom. The number of carbonyl (C=O) groups is 1. The van der Waals surface area contributed by atoms with Gasteiger partial charge in [0.15, 0.2) is 6.61 Å². The van der Waals surface area contributed by atoms with Gasteiger partial charge in [0.25, 0.3) is 5.91 Å². The molecule has 0 aromatic heterocycles. The van der Waals surface area contributed by atoms with Crippen molar-refractivity contribution in [3.63, 3.8) is 0 Å². The number of nitrogens with two attached hydrogens (primary N) is 1. The Balaban J connectivity index is 2.46. The average molecular weight is 250 g/mol. The highest BCUT2D eigenvalue weighted by molar-refractivity contribution is 5.78. The van der Waals surface area contributed by atoms with E-state index in [0.717, 1.165) is 5.56 Å². The summed E-state index contributed by atoms with van der Waals surface area (Å²) >= 11 is 0. The average Bonchev–Trinajstić information content (AvgIpc) is 2.24. The molecule has 18 heavy (non-hydrogen) atoms. The Bertz CT molecular complexity index is 391. The van der Waals surface area contributed by atoms with Crippen LogP contribution in [0.2, 0.25) is 0 Å². The summed E-state index contributed by atoms with van der Waals surface area (Å²) in [5.74, 6) is 0.544. The Morgan fingerprint density at radius 3 is 2.33 bits per heavy atom. The summed E-state index contributed by atoms with van der Waals surface area (Å²) in [4.78, 5) is 11.6. The van der Waals surface area contributed by atoms with Crippen LogP contribution in [-0.4, -0.2) is 18.1 Å². The van der Waals surface area contributed by atoms with Crippen LogP contribution in [0.15, 0.2) is 24.3 Å². The number of ether oxygens (including phenoxy) is 1. The first-order valence-electron chi connectivity index (χ1n) is 6.07. The maximum atomic E-state index is 11.6. The Kier molecular flexibility index (Phi) is 4.73. The minimum absolute atomic E-state index is 0.00300. The van der Waals surface area contributed by atoms with Crippen LogP contribution in [0.4, 0.5) is 0 Å². The number of rotatable bonds is 4. The van der Waals surface area contributed by atoms with E-state index >= 15 is 0 Å². The Labute approximate surface area is 109 Å². The van der Waals surface area contributed by atoms with E-state index < -0.39 is 0 Å². The van der Waals surface area contributed by atoms with E-state index in [1.807, 2.05) is 52.0 Å². The van der Waals surface area contributed by atoms with Crippen molar-refractivity contribution in [3.05, 3.63) is 29.8 Å². The first-order valence-corrected chi connectivity index (χ1v) is 6.07. The molecule has 1 aromatic rings. The second-order valence-electron chi connectivity index (χ2n) is 5.44. The van der Waals surface area contributed by atoms with Gasteiger partial charge in [-0.3, -0.25) is 4.79 Å². The quantitative estimate of drug-likeness (QED) is 0.859. The van der Waals surface area contributed by atoms with E-state index in [9.17, 15) is 4.79 Å². The fourth-order valence-electron chi connectivity index (χ4n) is 1.47. The molecule has 1 unspecified atom stereocenters. The lowest BCUT2D eigenvalue weighted by Crippen LogP contribution is -2.43. The van der Waals surface area contributed by atoms with E-state index in [1.54, 1.807) is 0 Å². The Morgan fingerprint density at radius 1 is 1.33 bits per heavy atom. The molecule has 0 aliphatic rings. The van der Waals surface area contributed by atoms with Gasteiger partial charge in [0.1, 0.15) is 5.75 Å². The minimum atomic E-state index is -0.237.